The van der Waals surface area contributed by atoms with Crippen molar-refractivity contribution in [1.82, 2.24) is 0 Å². The fraction of sp³-hybridized carbons (Fsp3) is 0.808. The maximum Gasteiger partial charge on any atom is 0.192 e. The molecule has 3 aliphatic rings. The summed E-state index contributed by atoms with van der Waals surface area (Å²) in [6.45, 7) is 22.8. The summed E-state index contributed by atoms with van der Waals surface area (Å²) in [7, 11) is -2.00. The average molecular weight is 419 g/mol. The largest absolute Gasteiger partial charge is 0.410 e. The van der Waals surface area contributed by atoms with Gasteiger partial charge in [0.1, 0.15) is 5.78 Å². The molecule has 0 aromatic carbocycles. The molecule has 0 unspecified atom stereocenters. The van der Waals surface area contributed by atoms with Crippen LogP contribution in [0, 0.1) is 29.6 Å². The molecular weight excluding hydrogens is 372 g/mol. The number of rotatable bonds is 3. The van der Waals surface area contributed by atoms with E-state index in [1.807, 2.05) is 0 Å². The second kappa shape index (κ2) is 9.22. The number of hydrogen-bond acceptors (Lipinski definition) is 2. The highest BCUT2D eigenvalue weighted by Gasteiger charge is 2.49. The summed E-state index contributed by atoms with van der Waals surface area (Å²) >= 11 is 0. The monoisotopic (exact) mass is 418 g/mol. The molecule has 1 fully saturated rings. The summed E-state index contributed by atoms with van der Waals surface area (Å²) in [5.74, 6) is 1.93. The van der Waals surface area contributed by atoms with Crippen LogP contribution >= 0.6 is 0 Å². The molecule has 1 saturated carbocycles. The highest BCUT2D eigenvalue weighted by Crippen LogP contribution is 2.47. The van der Waals surface area contributed by atoms with Crippen LogP contribution in [0.15, 0.2) is 23.3 Å². The Kier molecular flexibility index (Phi) is 7.82. The van der Waals surface area contributed by atoms with Gasteiger partial charge < -0.3 is 4.43 Å². The van der Waals surface area contributed by atoms with Crippen molar-refractivity contribution in [1.29, 1.82) is 0 Å². The zero-order chi connectivity index (χ0) is 22.1. The van der Waals surface area contributed by atoms with E-state index in [-0.39, 0.29) is 23.0 Å². The first-order valence-corrected chi connectivity index (χ1v) is 14.7. The fourth-order valence-electron chi connectivity index (χ4n) is 4.85. The Morgan fingerprint density at radius 1 is 1.14 bits per heavy atom. The smallest absolute Gasteiger partial charge is 0.192 e. The first-order valence-electron chi connectivity index (χ1n) is 11.8. The fourth-order valence-corrected chi connectivity index (χ4v) is 6.17. The average Bonchev–Trinajstić information content (AvgIpc) is 2.59. The van der Waals surface area contributed by atoms with Gasteiger partial charge in [-0.15, -0.1) is 0 Å². The second-order valence-electron chi connectivity index (χ2n) is 11.7. The molecule has 0 aromatic heterocycles. The summed E-state index contributed by atoms with van der Waals surface area (Å²) < 4.78 is 7.05. The van der Waals surface area contributed by atoms with E-state index in [2.05, 4.69) is 80.6 Å². The number of ketones is 1. The Labute approximate surface area is 181 Å². The molecule has 0 amide bonds. The van der Waals surface area contributed by atoms with Crippen LogP contribution in [0.3, 0.4) is 0 Å². The van der Waals surface area contributed by atoms with Crippen molar-refractivity contribution in [2.75, 3.05) is 0 Å². The molecule has 0 saturated heterocycles. The lowest BCUT2D eigenvalue weighted by Gasteiger charge is -2.48. The molecular formula is C26H46O2Si. The molecule has 2 nitrogen and oxygen atoms in total. The highest BCUT2D eigenvalue weighted by atomic mass is 28.4. The lowest BCUT2D eigenvalue weighted by Crippen LogP contribution is -2.53. The van der Waals surface area contributed by atoms with Crippen molar-refractivity contribution in [3.63, 3.8) is 0 Å². The molecule has 3 aliphatic carbocycles. The molecule has 0 spiro atoms. The lowest BCUT2D eigenvalue weighted by atomic mass is 9.61. The van der Waals surface area contributed by atoms with Gasteiger partial charge in [-0.05, 0) is 81.0 Å². The normalized spacial score (nSPS) is 36.1. The predicted octanol–water partition coefficient (Wildman–Crippen LogP) is 7.57. The Morgan fingerprint density at radius 3 is 2.31 bits per heavy atom. The van der Waals surface area contributed by atoms with E-state index in [9.17, 15) is 4.79 Å². The third-order valence-corrected chi connectivity index (χ3v) is 12.6. The molecule has 0 aliphatic heterocycles. The molecule has 5 atom stereocenters. The van der Waals surface area contributed by atoms with Crippen molar-refractivity contribution < 1.29 is 9.22 Å². The van der Waals surface area contributed by atoms with Gasteiger partial charge in [0, 0.05) is 11.8 Å². The molecule has 29 heavy (non-hydrogen) atoms. The van der Waals surface area contributed by atoms with Crippen LogP contribution in [0.4, 0.5) is 0 Å². The third kappa shape index (κ3) is 5.52. The van der Waals surface area contributed by atoms with E-state index >= 15 is 0 Å². The number of carbonyl (C=O) groups excluding carboxylic acids is 1. The maximum absolute atomic E-state index is 13.8. The highest BCUT2D eigenvalue weighted by molar-refractivity contribution is 6.74. The summed E-state index contributed by atoms with van der Waals surface area (Å²) in [4.78, 5) is 13.8. The van der Waals surface area contributed by atoms with E-state index in [1.165, 1.54) is 11.1 Å². The van der Waals surface area contributed by atoms with Crippen LogP contribution in [0.1, 0.15) is 81.1 Å². The Morgan fingerprint density at radius 2 is 1.76 bits per heavy atom. The van der Waals surface area contributed by atoms with Gasteiger partial charge in [0.2, 0.25) is 0 Å². The van der Waals surface area contributed by atoms with Gasteiger partial charge in [0.15, 0.2) is 8.32 Å². The van der Waals surface area contributed by atoms with Crippen LogP contribution < -0.4 is 0 Å². The zero-order valence-electron chi connectivity index (χ0n) is 20.8. The molecule has 0 heterocycles. The van der Waals surface area contributed by atoms with Crippen LogP contribution in [-0.2, 0) is 9.22 Å². The topological polar surface area (TPSA) is 26.3 Å². The van der Waals surface area contributed by atoms with Gasteiger partial charge in [0.05, 0.1) is 6.10 Å². The number of Topliss-reactive ketones (excluding diaryl/α,β-unsaturated/α-hetero) is 1. The Bertz CT molecular complexity index is 650. The minimum atomic E-state index is -2.00. The van der Waals surface area contributed by atoms with Gasteiger partial charge in [-0.3, -0.25) is 4.79 Å². The van der Waals surface area contributed by atoms with E-state index in [1.54, 1.807) is 0 Å². The van der Waals surface area contributed by atoms with Crippen LogP contribution in [-0.4, -0.2) is 20.2 Å². The minimum Gasteiger partial charge on any atom is -0.410 e. The van der Waals surface area contributed by atoms with Gasteiger partial charge in [-0.25, -0.2) is 0 Å². The van der Waals surface area contributed by atoms with Gasteiger partial charge in [-0.1, -0.05) is 59.3 Å². The first kappa shape index (κ1) is 24.6. The quantitative estimate of drug-likeness (QED) is 0.349. The minimum absolute atomic E-state index is 0.00359. The summed E-state index contributed by atoms with van der Waals surface area (Å²) in [6.07, 6.45) is 9.03. The molecule has 0 N–H and O–H groups in total. The van der Waals surface area contributed by atoms with Gasteiger partial charge >= 0.3 is 0 Å². The van der Waals surface area contributed by atoms with E-state index < -0.39 is 8.32 Å². The number of fused-ring (bicyclic) bond motifs is 7. The van der Waals surface area contributed by atoms with Crippen LogP contribution in [0.5, 0.6) is 0 Å². The summed E-state index contributed by atoms with van der Waals surface area (Å²) in [5, 5.41) is 0.134. The third-order valence-electron chi connectivity index (χ3n) is 8.15. The standard InChI is InChI=1S/C26H46O2Si/c1-17(2)22-16-21-15-14-18(3)12-11-13-19(4)25(23(22)24(27)20(21)5)28-29(9,10)26(6,7)8/h13-14,17,20-23,25H,11-12,15-16H2,1-10H3/b18-14+,19-13+/t20-,21-,22+,23+,25-/m0/s1. The molecule has 3 heteroatoms. The molecule has 0 aromatic rings. The molecule has 2 bridgehead atoms. The summed E-state index contributed by atoms with van der Waals surface area (Å²) in [6, 6.07) is 0. The van der Waals surface area contributed by atoms with Crippen molar-refractivity contribution in [2.24, 2.45) is 29.6 Å². The van der Waals surface area contributed by atoms with Crippen molar-refractivity contribution in [2.45, 2.75) is 105 Å². The Hall–Kier alpha value is -0.673. The van der Waals surface area contributed by atoms with Crippen molar-refractivity contribution in [3.8, 4) is 0 Å². The number of allylic oxidation sites excluding steroid dienone is 3. The van der Waals surface area contributed by atoms with E-state index in [0.29, 0.717) is 23.5 Å². The lowest BCUT2D eigenvalue weighted by molar-refractivity contribution is -0.139. The van der Waals surface area contributed by atoms with Crippen molar-refractivity contribution >= 4 is 14.1 Å². The molecule has 3 rings (SSSR count). The maximum atomic E-state index is 13.8. The van der Waals surface area contributed by atoms with Crippen LogP contribution in [0.25, 0.3) is 0 Å². The zero-order valence-corrected chi connectivity index (χ0v) is 21.8. The van der Waals surface area contributed by atoms with Gasteiger partial charge in [0.25, 0.3) is 0 Å². The Balaban J connectivity index is 2.57. The van der Waals surface area contributed by atoms with Crippen LogP contribution in [0.2, 0.25) is 18.1 Å². The molecule has 166 valence electrons. The number of hydrogen-bond donors (Lipinski definition) is 0. The number of carbonyl (C=O) groups is 1. The van der Waals surface area contributed by atoms with Crippen molar-refractivity contribution in [3.05, 3.63) is 23.3 Å². The first-order chi connectivity index (χ1) is 13.3. The second-order valence-corrected chi connectivity index (χ2v) is 16.4. The van der Waals surface area contributed by atoms with Gasteiger partial charge in [-0.2, -0.15) is 0 Å². The summed E-state index contributed by atoms with van der Waals surface area (Å²) in [5.41, 5.74) is 2.73. The van der Waals surface area contributed by atoms with E-state index in [0.717, 1.165) is 25.7 Å². The SMILES string of the molecule is C/C1=C\C[C@H]2C[C@H](C(C)C)[C@H](C(=O)[C@H]2C)[C@@H](O[Si](C)(C)C(C)(C)C)/C(C)=C/CC1. The van der Waals surface area contributed by atoms with E-state index in [4.69, 9.17) is 4.43 Å². The molecule has 0 radical (unpaired) electrons. The predicted molar refractivity (Wildman–Crippen MR) is 128 cm³/mol.